The van der Waals surface area contributed by atoms with Gasteiger partial charge in [-0.3, -0.25) is 9.20 Å². The van der Waals surface area contributed by atoms with Gasteiger partial charge >= 0.3 is 0 Å². The van der Waals surface area contributed by atoms with E-state index in [4.69, 9.17) is 4.74 Å². The number of thiazole rings is 1. The highest BCUT2D eigenvalue weighted by Gasteiger charge is 2.26. The molecule has 3 rings (SSSR count). The van der Waals surface area contributed by atoms with Crippen LogP contribution < -0.4 is 0 Å². The Kier molecular flexibility index (Phi) is 3.28. The van der Waals surface area contributed by atoms with Crippen molar-refractivity contribution in [1.82, 2.24) is 14.3 Å². The van der Waals surface area contributed by atoms with Crippen molar-refractivity contribution in [3.63, 3.8) is 0 Å². The molecule has 0 radical (unpaired) electrons. The molecule has 1 amide bonds. The van der Waals surface area contributed by atoms with Gasteiger partial charge in [-0.05, 0) is 13.8 Å². The molecule has 102 valence electrons. The van der Waals surface area contributed by atoms with Crippen LogP contribution in [0.15, 0.2) is 17.8 Å². The number of hydrogen-bond acceptors (Lipinski definition) is 4. The van der Waals surface area contributed by atoms with Crippen molar-refractivity contribution >= 4 is 22.2 Å². The van der Waals surface area contributed by atoms with Gasteiger partial charge in [0.15, 0.2) is 4.96 Å². The number of fused-ring (bicyclic) bond motifs is 1. The largest absolute Gasteiger partial charge is 0.372 e. The summed E-state index contributed by atoms with van der Waals surface area (Å²) >= 11 is 1.58. The minimum Gasteiger partial charge on any atom is -0.372 e. The average Bonchev–Trinajstić information content (AvgIpc) is 2.88. The first-order valence-corrected chi connectivity index (χ1v) is 7.34. The second-order valence-corrected chi connectivity index (χ2v) is 5.93. The van der Waals surface area contributed by atoms with E-state index in [0.29, 0.717) is 19.5 Å². The van der Waals surface area contributed by atoms with Gasteiger partial charge in [-0.15, -0.1) is 11.3 Å². The number of carbonyl (C=O) groups excluding carboxylic acids is 1. The minimum atomic E-state index is 0.109. The Morgan fingerprint density at radius 3 is 2.89 bits per heavy atom. The lowest BCUT2D eigenvalue weighted by atomic mass is 10.2. The fourth-order valence-corrected chi connectivity index (χ4v) is 3.23. The Morgan fingerprint density at radius 2 is 2.21 bits per heavy atom. The van der Waals surface area contributed by atoms with E-state index in [0.717, 1.165) is 10.7 Å². The molecule has 0 unspecified atom stereocenters. The van der Waals surface area contributed by atoms with Gasteiger partial charge in [-0.2, -0.15) is 0 Å². The monoisotopic (exact) mass is 279 g/mol. The highest BCUT2D eigenvalue weighted by Crippen LogP contribution is 2.15. The van der Waals surface area contributed by atoms with Gasteiger partial charge in [0.1, 0.15) is 0 Å². The summed E-state index contributed by atoms with van der Waals surface area (Å²) in [5.41, 5.74) is 0.837. The highest BCUT2D eigenvalue weighted by atomic mass is 32.1. The summed E-state index contributed by atoms with van der Waals surface area (Å²) in [6.45, 7) is 5.35. The molecule has 0 bridgehead atoms. The standard InChI is InChI=1S/C13H17N3O2S/c1-9-6-16(7-10(2)18-9)12(17)5-11-8-15-3-4-19-13(15)14-11/h3-4,8-10H,5-7H2,1-2H3/t9-,10-/m1/s1. The number of imidazole rings is 1. The van der Waals surface area contributed by atoms with Crippen molar-refractivity contribution in [2.75, 3.05) is 13.1 Å². The topological polar surface area (TPSA) is 46.8 Å². The van der Waals surface area contributed by atoms with Crippen LogP contribution in [0.4, 0.5) is 0 Å². The van der Waals surface area contributed by atoms with Crippen LogP contribution in [0.1, 0.15) is 19.5 Å². The molecule has 2 aromatic heterocycles. The molecule has 0 spiro atoms. The number of amides is 1. The number of carbonyl (C=O) groups is 1. The zero-order valence-corrected chi connectivity index (χ0v) is 11.9. The molecular weight excluding hydrogens is 262 g/mol. The van der Waals surface area contributed by atoms with E-state index >= 15 is 0 Å². The molecule has 6 heteroatoms. The summed E-state index contributed by atoms with van der Waals surface area (Å²) < 4.78 is 7.60. The van der Waals surface area contributed by atoms with Crippen molar-refractivity contribution in [2.24, 2.45) is 0 Å². The predicted octanol–water partition coefficient (Wildman–Crippen LogP) is 1.57. The van der Waals surface area contributed by atoms with E-state index in [1.165, 1.54) is 0 Å². The van der Waals surface area contributed by atoms with Crippen molar-refractivity contribution in [2.45, 2.75) is 32.5 Å². The number of morpholine rings is 1. The molecule has 5 nitrogen and oxygen atoms in total. The van der Waals surface area contributed by atoms with Gasteiger partial charge < -0.3 is 9.64 Å². The van der Waals surface area contributed by atoms with Crippen LogP contribution >= 0.6 is 11.3 Å². The third-order valence-electron chi connectivity index (χ3n) is 3.25. The maximum atomic E-state index is 12.3. The number of aromatic nitrogens is 2. The van der Waals surface area contributed by atoms with Crippen LogP contribution in [0.5, 0.6) is 0 Å². The molecular formula is C13H17N3O2S. The minimum absolute atomic E-state index is 0.109. The third kappa shape index (κ3) is 2.64. The molecule has 19 heavy (non-hydrogen) atoms. The summed E-state index contributed by atoms with van der Waals surface area (Å²) in [5.74, 6) is 0.132. The van der Waals surface area contributed by atoms with Gasteiger partial charge in [-0.25, -0.2) is 4.98 Å². The smallest absolute Gasteiger partial charge is 0.228 e. The van der Waals surface area contributed by atoms with E-state index in [9.17, 15) is 4.79 Å². The van der Waals surface area contributed by atoms with Crippen molar-refractivity contribution < 1.29 is 9.53 Å². The molecule has 0 aliphatic carbocycles. The first-order chi connectivity index (χ1) is 9.11. The van der Waals surface area contributed by atoms with Crippen molar-refractivity contribution in [3.8, 4) is 0 Å². The summed E-state index contributed by atoms with van der Waals surface area (Å²) in [7, 11) is 0. The van der Waals surface area contributed by atoms with Gasteiger partial charge in [0, 0.05) is 30.9 Å². The second kappa shape index (κ2) is 4.94. The van der Waals surface area contributed by atoms with Crippen LogP contribution in [0.25, 0.3) is 4.96 Å². The first kappa shape index (κ1) is 12.6. The van der Waals surface area contributed by atoms with E-state index in [1.54, 1.807) is 11.3 Å². The summed E-state index contributed by atoms with van der Waals surface area (Å²) in [4.78, 5) is 19.5. The van der Waals surface area contributed by atoms with Crippen molar-refractivity contribution in [3.05, 3.63) is 23.5 Å². The third-order valence-corrected chi connectivity index (χ3v) is 4.02. The Hall–Kier alpha value is -1.40. The van der Waals surface area contributed by atoms with E-state index < -0.39 is 0 Å². The van der Waals surface area contributed by atoms with Crippen molar-refractivity contribution in [1.29, 1.82) is 0 Å². The van der Waals surface area contributed by atoms with Gasteiger partial charge in [-0.1, -0.05) is 0 Å². The van der Waals surface area contributed by atoms with Crippen LogP contribution in [0.2, 0.25) is 0 Å². The molecule has 0 aromatic carbocycles. The Bertz CT molecular complexity index is 553. The summed E-state index contributed by atoms with van der Waals surface area (Å²) in [6.07, 6.45) is 4.47. The normalized spacial score (nSPS) is 24.0. The molecule has 1 aliphatic heterocycles. The molecule has 2 atom stereocenters. The molecule has 1 fully saturated rings. The average molecular weight is 279 g/mol. The van der Waals surface area contributed by atoms with E-state index in [1.807, 2.05) is 40.9 Å². The highest BCUT2D eigenvalue weighted by molar-refractivity contribution is 7.15. The lowest BCUT2D eigenvalue weighted by Crippen LogP contribution is -2.48. The number of hydrogen-bond donors (Lipinski definition) is 0. The second-order valence-electron chi connectivity index (χ2n) is 5.06. The fraction of sp³-hybridized carbons (Fsp3) is 0.538. The maximum Gasteiger partial charge on any atom is 0.228 e. The van der Waals surface area contributed by atoms with Crippen LogP contribution in [-0.4, -0.2) is 45.5 Å². The summed E-state index contributed by atoms with van der Waals surface area (Å²) in [5, 5.41) is 1.99. The zero-order valence-electron chi connectivity index (χ0n) is 11.1. The molecule has 3 heterocycles. The maximum absolute atomic E-state index is 12.3. The van der Waals surface area contributed by atoms with Gasteiger partial charge in [0.25, 0.3) is 0 Å². The molecule has 0 saturated carbocycles. The number of nitrogens with zero attached hydrogens (tertiary/aromatic N) is 3. The van der Waals surface area contributed by atoms with E-state index in [-0.39, 0.29) is 18.1 Å². The molecule has 0 N–H and O–H groups in total. The number of ether oxygens (including phenoxy) is 1. The van der Waals surface area contributed by atoms with E-state index in [2.05, 4.69) is 4.98 Å². The lowest BCUT2D eigenvalue weighted by molar-refractivity contribution is -0.142. The Labute approximate surface area is 115 Å². The molecule has 2 aromatic rings. The van der Waals surface area contributed by atoms with Gasteiger partial charge in [0.2, 0.25) is 5.91 Å². The number of rotatable bonds is 2. The zero-order chi connectivity index (χ0) is 13.4. The van der Waals surface area contributed by atoms with Crippen LogP contribution in [0, 0.1) is 0 Å². The Balaban J connectivity index is 1.69. The molecule has 1 saturated heterocycles. The SMILES string of the molecule is C[C@@H]1CN(C(=O)Cc2cn3ccsc3n2)C[C@@H](C)O1. The van der Waals surface area contributed by atoms with Crippen LogP contribution in [0.3, 0.4) is 0 Å². The van der Waals surface area contributed by atoms with Gasteiger partial charge in [0.05, 0.1) is 24.3 Å². The fourth-order valence-electron chi connectivity index (χ4n) is 2.51. The lowest BCUT2D eigenvalue weighted by Gasteiger charge is -2.35. The first-order valence-electron chi connectivity index (χ1n) is 6.46. The Morgan fingerprint density at radius 1 is 1.47 bits per heavy atom. The quantitative estimate of drug-likeness (QED) is 0.838. The predicted molar refractivity (Wildman–Crippen MR) is 73.4 cm³/mol. The summed E-state index contributed by atoms with van der Waals surface area (Å²) in [6, 6.07) is 0. The molecule has 1 aliphatic rings. The van der Waals surface area contributed by atoms with Crippen LogP contribution in [-0.2, 0) is 16.0 Å².